The quantitative estimate of drug-likeness (QED) is 0.404. The molecule has 0 atom stereocenters. The average Bonchev–Trinajstić information content (AvgIpc) is 3.48. The Kier molecular flexibility index (Phi) is 6.42. The number of carbonyl (C=O) groups excluding carboxylic acids is 2. The molecule has 4 rings (SSSR count). The molecular formula is C26H26N4O2S. The lowest BCUT2D eigenvalue weighted by Gasteiger charge is -2.23. The Morgan fingerprint density at radius 2 is 1.61 bits per heavy atom. The largest absolute Gasteiger partial charge is 0.337 e. The second kappa shape index (κ2) is 9.42. The number of carbonyl (C=O) groups is 2. The number of hydrogen-bond donors (Lipinski definition) is 0. The number of rotatable bonds is 6. The topological polar surface area (TPSA) is 58.4 Å². The SMILES string of the molecule is Cc1nn(-c2ccccc2)c(C)c1CN(C)C(=O)c1ccccc1N(C)C(=O)c1cccs1. The van der Waals surface area contributed by atoms with Gasteiger partial charge in [-0.3, -0.25) is 9.59 Å². The number of aryl methyl sites for hydroxylation is 1. The van der Waals surface area contributed by atoms with Gasteiger partial charge in [-0.1, -0.05) is 36.4 Å². The Bertz CT molecular complexity index is 1280. The summed E-state index contributed by atoms with van der Waals surface area (Å²) in [6.45, 7) is 4.39. The molecule has 2 amide bonds. The van der Waals surface area contributed by atoms with E-state index < -0.39 is 0 Å². The van der Waals surface area contributed by atoms with Gasteiger partial charge in [-0.05, 0) is 49.6 Å². The Balaban J connectivity index is 1.59. The van der Waals surface area contributed by atoms with Crippen LogP contribution in [-0.4, -0.2) is 40.6 Å². The van der Waals surface area contributed by atoms with E-state index in [1.807, 2.05) is 72.4 Å². The highest BCUT2D eigenvalue weighted by Crippen LogP contribution is 2.25. The molecule has 2 aromatic heterocycles. The number of anilines is 1. The first kappa shape index (κ1) is 22.5. The summed E-state index contributed by atoms with van der Waals surface area (Å²) in [6, 6.07) is 20.8. The molecule has 0 aliphatic heterocycles. The molecule has 7 heteroatoms. The molecule has 0 saturated heterocycles. The molecule has 0 saturated carbocycles. The van der Waals surface area contributed by atoms with Crippen LogP contribution in [0.2, 0.25) is 0 Å². The van der Waals surface area contributed by atoms with Crippen molar-refractivity contribution in [1.82, 2.24) is 14.7 Å². The zero-order valence-corrected chi connectivity index (χ0v) is 20.0. The van der Waals surface area contributed by atoms with Gasteiger partial charge < -0.3 is 9.80 Å². The molecule has 6 nitrogen and oxygen atoms in total. The van der Waals surface area contributed by atoms with Gasteiger partial charge in [0.2, 0.25) is 0 Å². The van der Waals surface area contributed by atoms with Crippen LogP contribution in [0.1, 0.15) is 37.0 Å². The third kappa shape index (κ3) is 4.45. The summed E-state index contributed by atoms with van der Waals surface area (Å²) in [4.78, 5) is 30.2. The van der Waals surface area contributed by atoms with Gasteiger partial charge in [0.1, 0.15) is 0 Å². The van der Waals surface area contributed by atoms with E-state index in [4.69, 9.17) is 0 Å². The van der Waals surface area contributed by atoms with Crippen LogP contribution >= 0.6 is 11.3 Å². The molecule has 0 fully saturated rings. The second-order valence-electron chi connectivity index (χ2n) is 7.92. The number of amides is 2. The number of para-hydroxylation sites is 2. The summed E-state index contributed by atoms with van der Waals surface area (Å²) < 4.78 is 1.91. The lowest BCUT2D eigenvalue weighted by molar-refractivity contribution is 0.0785. The number of nitrogens with zero attached hydrogens (tertiary/aromatic N) is 4. The van der Waals surface area contributed by atoms with Gasteiger partial charge in [0, 0.05) is 31.9 Å². The van der Waals surface area contributed by atoms with E-state index in [0.29, 0.717) is 22.7 Å². The molecule has 33 heavy (non-hydrogen) atoms. The van der Waals surface area contributed by atoms with Crippen molar-refractivity contribution in [2.75, 3.05) is 19.0 Å². The third-order valence-electron chi connectivity index (χ3n) is 5.72. The summed E-state index contributed by atoms with van der Waals surface area (Å²) in [5.41, 5.74) is 4.94. The molecule has 0 aliphatic rings. The smallest absolute Gasteiger partial charge is 0.268 e. The molecule has 4 aromatic rings. The predicted molar refractivity (Wildman–Crippen MR) is 132 cm³/mol. The van der Waals surface area contributed by atoms with Gasteiger partial charge in [0.15, 0.2) is 0 Å². The van der Waals surface area contributed by atoms with Crippen molar-refractivity contribution in [3.05, 3.63) is 99.5 Å². The van der Waals surface area contributed by atoms with Crippen molar-refractivity contribution in [2.24, 2.45) is 0 Å². The first-order valence-corrected chi connectivity index (χ1v) is 11.5. The van der Waals surface area contributed by atoms with Crippen molar-refractivity contribution >= 4 is 28.8 Å². The first-order valence-electron chi connectivity index (χ1n) is 10.6. The van der Waals surface area contributed by atoms with E-state index in [2.05, 4.69) is 5.10 Å². The maximum atomic E-state index is 13.4. The number of thiophene rings is 1. The van der Waals surface area contributed by atoms with E-state index in [1.54, 1.807) is 37.2 Å². The van der Waals surface area contributed by atoms with Crippen LogP contribution in [0.15, 0.2) is 72.1 Å². The lowest BCUT2D eigenvalue weighted by Crippen LogP contribution is -2.31. The van der Waals surface area contributed by atoms with Crippen molar-refractivity contribution in [2.45, 2.75) is 20.4 Å². The monoisotopic (exact) mass is 458 g/mol. The molecule has 0 bridgehead atoms. The molecule has 0 N–H and O–H groups in total. The van der Waals surface area contributed by atoms with Gasteiger partial charge in [-0.2, -0.15) is 5.10 Å². The fraction of sp³-hybridized carbons (Fsp3) is 0.192. The minimum Gasteiger partial charge on any atom is -0.337 e. The summed E-state index contributed by atoms with van der Waals surface area (Å²) in [7, 11) is 3.48. The van der Waals surface area contributed by atoms with Crippen LogP contribution < -0.4 is 4.90 Å². The molecule has 0 spiro atoms. The Hall–Kier alpha value is -3.71. The zero-order valence-electron chi connectivity index (χ0n) is 19.1. The van der Waals surface area contributed by atoms with Crippen LogP contribution in [0.25, 0.3) is 5.69 Å². The van der Waals surface area contributed by atoms with E-state index in [-0.39, 0.29) is 11.8 Å². The molecule has 0 unspecified atom stereocenters. The number of hydrogen-bond acceptors (Lipinski definition) is 4. The van der Waals surface area contributed by atoms with E-state index in [9.17, 15) is 9.59 Å². The highest BCUT2D eigenvalue weighted by atomic mass is 32.1. The minimum atomic E-state index is -0.150. The molecule has 0 aliphatic carbocycles. The van der Waals surface area contributed by atoms with Crippen molar-refractivity contribution < 1.29 is 9.59 Å². The average molecular weight is 459 g/mol. The van der Waals surface area contributed by atoms with Crippen molar-refractivity contribution in [3.8, 4) is 5.69 Å². The van der Waals surface area contributed by atoms with Crippen LogP contribution in [-0.2, 0) is 6.54 Å². The minimum absolute atomic E-state index is 0.135. The molecule has 168 valence electrons. The summed E-state index contributed by atoms with van der Waals surface area (Å²) >= 11 is 1.38. The summed E-state index contributed by atoms with van der Waals surface area (Å²) in [6.07, 6.45) is 0. The summed E-state index contributed by atoms with van der Waals surface area (Å²) in [5.74, 6) is -0.286. The lowest BCUT2D eigenvalue weighted by atomic mass is 10.1. The Morgan fingerprint density at radius 1 is 0.909 bits per heavy atom. The van der Waals surface area contributed by atoms with Crippen molar-refractivity contribution in [1.29, 1.82) is 0 Å². The third-order valence-corrected chi connectivity index (χ3v) is 6.57. The highest BCUT2D eigenvalue weighted by molar-refractivity contribution is 7.12. The van der Waals surface area contributed by atoms with Crippen LogP contribution in [0.5, 0.6) is 0 Å². The van der Waals surface area contributed by atoms with Gasteiger partial charge >= 0.3 is 0 Å². The van der Waals surface area contributed by atoms with E-state index in [1.165, 1.54) is 16.2 Å². The molecule has 0 radical (unpaired) electrons. The molecule has 2 aromatic carbocycles. The highest BCUT2D eigenvalue weighted by Gasteiger charge is 2.23. The molecule has 2 heterocycles. The van der Waals surface area contributed by atoms with Crippen LogP contribution in [0.4, 0.5) is 5.69 Å². The maximum Gasteiger partial charge on any atom is 0.268 e. The Morgan fingerprint density at radius 3 is 2.30 bits per heavy atom. The molecular weight excluding hydrogens is 432 g/mol. The standard InChI is InChI=1S/C26H26N4O2S/c1-18-22(19(2)30(27-18)20-11-6-5-7-12-20)17-28(3)25(31)21-13-8-9-14-23(21)29(4)26(32)24-15-10-16-33-24/h5-16H,17H2,1-4H3. The second-order valence-corrected chi connectivity index (χ2v) is 8.86. The summed E-state index contributed by atoms with van der Waals surface area (Å²) in [5, 5.41) is 6.56. The van der Waals surface area contributed by atoms with Gasteiger partial charge in [-0.25, -0.2) is 4.68 Å². The van der Waals surface area contributed by atoms with Gasteiger partial charge in [0.25, 0.3) is 11.8 Å². The normalized spacial score (nSPS) is 10.8. The fourth-order valence-electron chi connectivity index (χ4n) is 3.86. The maximum absolute atomic E-state index is 13.4. The predicted octanol–water partition coefficient (Wildman–Crippen LogP) is 5.10. The zero-order chi connectivity index (χ0) is 23.5. The fourth-order valence-corrected chi connectivity index (χ4v) is 4.56. The van der Waals surface area contributed by atoms with Crippen molar-refractivity contribution in [3.63, 3.8) is 0 Å². The van der Waals surface area contributed by atoms with E-state index in [0.717, 1.165) is 22.6 Å². The van der Waals surface area contributed by atoms with Gasteiger partial charge in [0.05, 0.1) is 27.5 Å². The first-order chi connectivity index (χ1) is 15.9. The van der Waals surface area contributed by atoms with Gasteiger partial charge in [-0.15, -0.1) is 11.3 Å². The number of benzene rings is 2. The van der Waals surface area contributed by atoms with Crippen LogP contribution in [0.3, 0.4) is 0 Å². The Labute approximate surface area is 197 Å². The van der Waals surface area contributed by atoms with E-state index >= 15 is 0 Å². The number of aromatic nitrogens is 2. The van der Waals surface area contributed by atoms with Crippen LogP contribution in [0, 0.1) is 13.8 Å².